The van der Waals surface area contributed by atoms with E-state index in [4.69, 9.17) is 14.3 Å². The first-order chi connectivity index (χ1) is 10.0. The lowest BCUT2D eigenvalue weighted by Crippen LogP contribution is -2.08. The number of aliphatic hydroxyl groups excluding tert-OH is 1. The van der Waals surface area contributed by atoms with Crippen LogP contribution in [0.1, 0.15) is 11.3 Å². The molecule has 0 saturated carbocycles. The number of halogens is 1. The third-order valence-electron chi connectivity index (χ3n) is 2.61. The second-order valence-corrected chi connectivity index (χ2v) is 4.06. The van der Waals surface area contributed by atoms with Crippen LogP contribution in [0, 0.1) is 15.9 Å². The normalized spacial score (nSPS) is 10.4. The van der Waals surface area contributed by atoms with Crippen LogP contribution in [-0.2, 0) is 13.2 Å². The van der Waals surface area contributed by atoms with Crippen molar-refractivity contribution in [3.63, 3.8) is 0 Å². The molecule has 0 aliphatic carbocycles. The number of ether oxygens (including phenoxy) is 1. The summed E-state index contributed by atoms with van der Waals surface area (Å²) in [7, 11) is 0. The summed E-state index contributed by atoms with van der Waals surface area (Å²) in [4.78, 5) is 21.2. The monoisotopic (exact) mass is 295 g/mol. The molecule has 0 radical (unpaired) electrons. The van der Waals surface area contributed by atoms with Gasteiger partial charge in [0.25, 0.3) is 0 Å². The van der Waals surface area contributed by atoms with Crippen LogP contribution in [0.5, 0.6) is 5.75 Å². The van der Waals surface area contributed by atoms with Crippen molar-refractivity contribution in [2.45, 2.75) is 13.2 Å². The molecule has 0 amide bonds. The van der Waals surface area contributed by atoms with Gasteiger partial charge in [0, 0.05) is 12.1 Å². The summed E-state index contributed by atoms with van der Waals surface area (Å²) in [6, 6.07) is 4.38. The first kappa shape index (κ1) is 14.7. The van der Waals surface area contributed by atoms with E-state index in [9.17, 15) is 19.3 Å². The Morgan fingerprint density at radius 1 is 1.38 bits per heavy atom. The Morgan fingerprint density at radius 2 is 2.14 bits per heavy atom. The van der Waals surface area contributed by atoms with E-state index in [1.807, 2.05) is 0 Å². The van der Waals surface area contributed by atoms with Crippen LogP contribution in [-0.4, -0.2) is 10.0 Å². The minimum Gasteiger partial charge on any atom is -0.482 e. The maximum atomic E-state index is 13.4. The van der Waals surface area contributed by atoms with Crippen molar-refractivity contribution >= 4 is 5.69 Å². The topological polar surface area (TPSA) is 103 Å². The zero-order valence-corrected chi connectivity index (χ0v) is 10.6. The van der Waals surface area contributed by atoms with Crippen molar-refractivity contribution in [1.82, 2.24) is 0 Å². The van der Waals surface area contributed by atoms with Gasteiger partial charge in [-0.3, -0.25) is 14.9 Å². The number of hydrogen-bond donors (Lipinski definition) is 1. The summed E-state index contributed by atoms with van der Waals surface area (Å²) in [5.74, 6) is -0.997. The highest BCUT2D eigenvalue weighted by atomic mass is 19.1. The van der Waals surface area contributed by atoms with Gasteiger partial charge in [0.05, 0.1) is 4.92 Å². The van der Waals surface area contributed by atoms with E-state index in [1.54, 1.807) is 0 Å². The zero-order chi connectivity index (χ0) is 15.4. The Hall–Kier alpha value is -2.74. The van der Waals surface area contributed by atoms with Gasteiger partial charge in [-0.1, -0.05) is 0 Å². The molecule has 1 aromatic carbocycles. The Kier molecular flexibility index (Phi) is 4.29. The summed E-state index contributed by atoms with van der Waals surface area (Å²) >= 11 is 0. The van der Waals surface area contributed by atoms with Gasteiger partial charge in [-0.05, 0) is 17.7 Å². The molecule has 0 fully saturated rings. The maximum Gasteiger partial charge on any atom is 0.304 e. The smallest absolute Gasteiger partial charge is 0.304 e. The van der Waals surface area contributed by atoms with Crippen LogP contribution >= 0.6 is 0 Å². The Balaban J connectivity index is 2.11. The van der Waals surface area contributed by atoms with Crippen molar-refractivity contribution in [3.8, 4) is 5.75 Å². The molecule has 0 spiro atoms. The largest absolute Gasteiger partial charge is 0.482 e. The molecular formula is C13H10FNO6. The van der Waals surface area contributed by atoms with E-state index in [2.05, 4.69) is 0 Å². The van der Waals surface area contributed by atoms with Gasteiger partial charge in [-0.2, -0.15) is 4.39 Å². The van der Waals surface area contributed by atoms with Crippen molar-refractivity contribution in [2.24, 2.45) is 0 Å². The lowest BCUT2D eigenvalue weighted by Gasteiger charge is -2.05. The fourth-order valence-corrected chi connectivity index (χ4v) is 1.58. The predicted molar refractivity (Wildman–Crippen MR) is 68.3 cm³/mol. The van der Waals surface area contributed by atoms with Gasteiger partial charge in [0.15, 0.2) is 0 Å². The molecule has 0 aliphatic heterocycles. The molecule has 0 atom stereocenters. The molecule has 21 heavy (non-hydrogen) atoms. The van der Waals surface area contributed by atoms with Crippen LogP contribution in [0.25, 0.3) is 0 Å². The van der Waals surface area contributed by atoms with Crippen molar-refractivity contribution < 1.29 is 23.6 Å². The molecule has 0 unspecified atom stereocenters. The predicted octanol–water partition coefficient (Wildman–Crippen LogP) is 1.76. The van der Waals surface area contributed by atoms with Crippen LogP contribution in [0.15, 0.2) is 39.7 Å². The Morgan fingerprint density at radius 3 is 2.71 bits per heavy atom. The van der Waals surface area contributed by atoms with E-state index < -0.39 is 28.5 Å². The van der Waals surface area contributed by atoms with Gasteiger partial charge in [-0.25, -0.2) is 0 Å². The minimum atomic E-state index is -0.983. The molecule has 8 heteroatoms. The number of hydrogen-bond acceptors (Lipinski definition) is 6. The summed E-state index contributed by atoms with van der Waals surface area (Å²) in [6.45, 7) is -0.568. The van der Waals surface area contributed by atoms with E-state index in [1.165, 1.54) is 6.07 Å². The highest BCUT2D eigenvalue weighted by Crippen LogP contribution is 2.19. The number of nitro benzene ring substituents is 1. The molecule has 0 bridgehead atoms. The highest BCUT2D eigenvalue weighted by Gasteiger charge is 2.14. The molecule has 7 nitrogen and oxygen atoms in total. The van der Waals surface area contributed by atoms with Crippen LogP contribution in [0.2, 0.25) is 0 Å². The van der Waals surface area contributed by atoms with Gasteiger partial charge < -0.3 is 14.3 Å². The average Bonchev–Trinajstić information content (AvgIpc) is 2.45. The quantitative estimate of drug-likeness (QED) is 0.666. The van der Waals surface area contributed by atoms with E-state index in [-0.39, 0.29) is 18.1 Å². The molecule has 2 rings (SSSR count). The molecule has 0 saturated heterocycles. The lowest BCUT2D eigenvalue weighted by molar-refractivity contribution is -0.387. The van der Waals surface area contributed by atoms with Crippen LogP contribution in [0.3, 0.4) is 0 Å². The summed E-state index contributed by atoms with van der Waals surface area (Å²) < 4.78 is 23.5. The zero-order valence-electron chi connectivity index (χ0n) is 10.6. The second-order valence-electron chi connectivity index (χ2n) is 4.06. The summed E-state index contributed by atoms with van der Waals surface area (Å²) in [5, 5.41) is 19.3. The third-order valence-corrected chi connectivity index (χ3v) is 2.61. The first-order valence-electron chi connectivity index (χ1n) is 5.79. The molecule has 1 aromatic heterocycles. The summed E-state index contributed by atoms with van der Waals surface area (Å²) in [5.41, 5.74) is -0.804. The SMILES string of the molecule is O=c1cc(CO)occ1OCc1ccc([N+](=O)[O-])c(F)c1. The molecule has 1 heterocycles. The Labute approximate surface area is 117 Å². The first-order valence-corrected chi connectivity index (χ1v) is 5.79. The minimum absolute atomic E-state index is 0.0914. The Bertz CT molecular complexity index is 727. The molecule has 2 aromatic rings. The molecular weight excluding hydrogens is 285 g/mol. The van der Waals surface area contributed by atoms with Gasteiger partial charge in [0.2, 0.25) is 17.0 Å². The molecule has 0 aliphatic rings. The maximum absolute atomic E-state index is 13.4. The van der Waals surface area contributed by atoms with Crippen molar-refractivity contribution in [3.05, 3.63) is 68.0 Å². The van der Waals surface area contributed by atoms with Crippen molar-refractivity contribution in [1.29, 1.82) is 0 Å². The third kappa shape index (κ3) is 3.42. The molecule has 110 valence electrons. The number of rotatable bonds is 5. The fraction of sp³-hybridized carbons (Fsp3) is 0.154. The average molecular weight is 295 g/mol. The number of nitrogens with zero attached hydrogens (tertiary/aromatic N) is 1. The number of benzene rings is 1. The fourth-order valence-electron chi connectivity index (χ4n) is 1.58. The van der Waals surface area contributed by atoms with Gasteiger partial charge in [-0.15, -0.1) is 0 Å². The number of nitro groups is 1. The van der Waals surface area contributed by atoms with E-state index in [0.717, 1.165) is 24.5 Å². The summed E-state index contributed by atoms with van der Waals surface area (Å²) in [6.07, 6.45) is 1.04. The lowest BCUT2D eigenvalue weighted by atomic mass is 10.2. The standard InChI is InChI=1S/C13H10FNO6/c14-10-3-8(1-2-11(10)15(18)19)6-21-13-7-20-9(5-16)4-12(13)17/h1-4,7,16H,5-6H2. The highest BCUT2D eigenvalue weighted by molar-refractivity contribution is 5.35. The second kappa shape index (κ2) is 6.14. The van der Waals surface area contributed by atoms with E-state index in [0.29, 0.717) is 5.56 Å². The van der Waals surface area contributed by atoms with Gasteiger partial charge >= 0.3 is 5.69 Å². The van der Waals surface area contributed by atoms with E-state index >= 15 is 0 Å². The van der Waals surface area contributed by atoms with Crippen LogP contribution < -0.4 is 10.2 Å². The van der Waals surface area contributed by atoms with Crippen molar-refractivity contribution in [2.75, 3.05) is 0 Å². The number of aliphatic hydroxyl groups is 1. The van der Waals surface area contributed by atoms with Gasteiger partial charge in [0.1, 0.15) is 25.2 Å². The molecule has 1 N–H and O–H groups in total. The van der Waals surface area contributed by atoms with Crippen LogP contribution in [0.4, 0.5) is 10.1 Å².